The molecule has 0 aliphatic rings. The molecule has 2 aromatic heterocycles. The van der Waals surface area contributed by atoms with E-state index in [4.69, 9.17) is 34.8 Å². The molecular formula is C18H13Cl3F3N5O2. The molecule has 3 rings (SSSR count). The number of aliphatic hydroxyl groups is 1. The number of aliphatic hydroxyl groups excluding tert-OH is 1. The Morgan fingerprint density at radius 3 is 2.52 bits per heavy atom. The third-order valence-electron chi connectivity index (χ3n) is 4.05. The maximum absolute atomic E-state index is 13.3. The van der Waals surface area contributed by atoms with E-state index in [1.165, 1.54) is 37.5 Å². The van der Waals surface area contributed by atoms with Crippen molar-refractivity contribution >= 4 is 46.4 Å². The minimum Gasteiger partial charge on any atom is -0.368 e. The summed E-state index contributed by atoms with van der Waals surface area (Å²) in [5.41, 5.74) is -1.70. The summed E-state index contributed by atoms with van der Waals surface area (Å²) in [6, 6.07) is 6.11. The first-order valence-corrected chi connectivity index (χ1v) is 9.60. The molecule has 31 heavy (non-hydrogen) atoms. The molecule has 7 nitrogen and oxygen atoms in total. The van der Waals surface area contributed by atoms with Crippen LogP contribution in [-0.4, -0.2) is 32.8 Å². The second-order valence-corrected chi connectivity index (χ2v) is 7.36. The van der Waals surface area contributed by atoms with Crippen LogP contribution in [0.2, 0.25) is 15.1 Å². The van der Waals surface area contributed by atoms with Crippen molar-refractivity contribution in [3.8, 4) is 5.82 Å². The molecule has 2 heterocycles. The van der Waals surface area contributed by atoms with Gasteiger partial charge in [-0.25, -0.2) is 9.67 Å². The second-order valence-electron chi connectivity index (χ2n) is 6.11. The molecule has 13 heteroatoms. The molecule has 3 aromatic rings. The van der Waals surface area contributed by atoms with E-state index in [-0.39, 0.29) is 37.8 Å². The Morgan fingerprint density at radius 1 is 1.19 bits per heavy atom. The number of rotatable bonds is 5. The van der Waals surface area contributed by atoms with Crippen molar-refractivity contribution in [2.75, 3.05) is 12.4 Å². The van der Waals surface area contributed by atoms with Gasteiger partial charge in [-0.2, -0.15) is 18.3 Å². The van der Waals surface area contributed by atoms with E-state index in [2.05, 4.69) is 20.7 Å². The number of carbonyl (C=O) groups excluding carboxylic acids is 1. The van der Waals surface area contributed by atoms with Crippen molar-refractivity contribution < 1.29 is 23.1 Å². The van der Waals surface area contributed by atoms with Crippen molar-refractivity contribution in [1.82, 2.24) is 20.1 Å². The number of aromatic nitrogens is 3. The van der Waals surface area contributed by atoms with Crippen LogP contribution >= 0.6 is 34.8 Å². The monoisotopic (exact) mass is 493 g/mol. The molecule has 1 aromatic carbocycles. The van der Waals surface area contributed by atoms with E-state index < -0.39 is 24.0 Å². The fourth-order valence-corrected chi connectivity index (χ4v) is 3.43. The smallest absolute Gasteiger partial charge is 0.368 e. The van der Waals surface area contributed by atoms with Crippen LogP contribution in [0.4, 0.5) is 18.9 Å². The van der Waals surface area contributed by atoms with Gasteiger partial charge in [-0.05, 0) is 30.3 Å². The maximum atomic E-state index is 13.3. The first kappa shape index (κ1) is 23.1. The van der Waals surface area contributed by atoms with Crippen molar-refractivity contribution in [2.24, 2.45) is 0 Å². The number of hydrogen-bond donors (Lipinski definition) is 3. The first-order chi connectivity index (χ1) is 14.5. The van der Waals surface area contributed by atoms with Gasteiger partial charge in [0.15, 0.2) is 17.7 Å². The highest BCUT2D eigenvalue weighted by molar-refractivity contribution is 6.37. The van der Waals surface area contributed by atoms with Gasteiger partial charge in [0.25, 0.3) is 5.91 Å². The molecular weight excluding hydrogens is 482 g/mol. The number of carbonyl (C=O) groups is 1. The lowest BCUT2D eigenvalue weighted by Crippen LogP contribution is -2.22. The molecule has 0 saturated heterocycles. The summed E-state index contributed by atoms with van der Waals surface area (Å²) in [6.45, 7) is 0. The number of amides is 1. The van der Waals surface area contributed by atoms with Crippen LogP contribution in [0.1, 0.15) is 28.0 Å². The van der Waals surface area contributed by atoms with Gasteiger partial charge in [-0.15, -0.1) is 0 Å². The summed E-state index contributed by atoms with van der Waals surface area (Å²) in [7, 11) is 1.37. The molecule has 0 fully saturated rings. The number of nitrogens with one attached hydrogen (secondary N) is 2. The summed E-state index contributed by atoms with van der Waals surface area (Å²) in [5, 5.41) is 19.3. The van der Waals surface area contributed by atoms with Crippen LogP contribution in [0, 0.1) is 0 Å². The number of pyridine rings is 1. The van der Waals surface area contributed by atoms with Crippen LogP contribution in [-0.2, 0) is 6.18 Å². The minimum absolute atomic E-state index is 0.00310. The van der Waals surface area contributed by atoms with Crippen molar-refractivity contribution in [3.05, 3.63) is 68.5 Å². The van der Waals surface area contributed by atoms with E-state index in [0.717, 1.165) is 4.68 Å². The van der Waals surface area contributed by atoms with Crippen LogP contribution in [0.15, 0.2) is 36.5 Å². The number of nitrogens with zero attached hydrogens (tertiary/aromatic N) is 3. The highest BCUT2D eigenvalue weighted by Crippen LogP contribution is 2.35. The van der Waals surface area contributed by atoms with E-state index in [9.17, 15) is 23.1 Å². The molecule has 0 saturated carbocycles. The summed E-state index contributed by atoms with van der Waals surface area (Å²) in [6.07, 6.45) is -5.28. The first-order valence-electron chi connectivity index (χ1n) is 8.46. The Bertz CT molecular complexity index is 1140. The van der Waals surface area contributed by atoms with Crippen LogP contribution in [0.5, 0.6) is 0 Å². The number of alkyl halides is 3. The summed E-state index contributed by atoms with van der Waals surface area (Å²) in [4.78, 5) is 16.1. The fraction of sp³-hybridized carbons (Fsp3) is 0.167. The fourth-order valence-electron chi connectivity index (χ4n) is 2.68. The van der Waals surface area contributed by atoms with Gasteiger partial charge in [-0.1, -0.05) is 34.8 Å². The van der Waals surface area contributed by atoms with Gasteiger partial charge < -0.3 is 15.7 Å². The average Bonchev–Trinajstić information content (AvgIpc) is 3.15. The molecule has 3 N–H and O–H groups in total. The van der Waals surface area contributed by atoms with Crippen LogP contribution < -0.4 is 10.6 Å². The normalized spacial score (nSPS) is 12.5. The van der Waals surface area contributed by atoms with Crippen molar-refractivity contribution in [3.63, 3.8) is 0 Å². The van der Waals surface area contributed by atoms with Gasteiger partial charge in [0.2, 0.25) is 0 Å². The SMILES string of the molecule is CNC(=O)c1cc(Cl)cc(Cl)c1NC(O)c1cc(C(F)(F)F)nn1-c1ncccc1Cl. The Morgan fingerprint density at radius 2 is 1.90 bits per heavy atom. The molecule has 0 aliphatic heterocycles. The lowest BCUT2D eigenvalue weighted by molar-refractivity contribution is -0.141. The predicted molar refractivity (Wildman–Crippen MR) is 110 cm³/mol. The zero-order chi connectivity index (χ0) is 22.9. The van der Waals surface area contributed by atoms with Gasteiger partial charge in [0, 0.05) is 18.3 Å². The van der Waals surface area contributed by atoms with E-state index in [1.807, 2.05) is 0 Å². The zero-order valence-electron chi connectivity index (χ0n) is 15.5. The molecule has 0 bridgehead atoms. The van der Waals surface area contributed by atoms with Gasteiger partial charge >= 0.3 is 6.18 Å². The van der Waals surface area contributed by atoms with Crippen LogP contribution in [0.3, 0.4) is 0 Å². The molecule has 0 radical (unpaired) electrons. The Labute approximate surface area is 188 Å². The van der Waals surface area contributed by atoms with Gasteiger partial charge in [0.05, 0.1) is 27.0 Å². The van der Waals surface area contributed by atoms with Crippen LogP contribution in [0.25, 0.3) is 5.82 Å². The van der Waals surface area contributed by atoms with E-state index >= 15 is 0 Å². The van der Waals surface area contributed by atoms with Crippen molar-refractivity contribution in [2.45, 2.75) is 12.4 Å². The maximum Gasteiger partial charge on any atom is 0.435 e. The quantitative estimate of drug-likeness (QED) is 0.447. The third kappa shape index (κ3) is 4.87. The Balaban J connectivity index is 2.11. The summed E-state index contributed by atoms with van der Waals surface area (Å²) in [5.74, 6) is -0.722. The number of halogens is 6. The average molecular weight is 495 g/mol. The summed E-state index contributed by atoms with van der Waals surface area (Å²) >= 11 is 18.1. The van der Waals surface area contributed by atoms with Crippen molar-refractivity contribution in [1.29, 1.82) is 0 Å². The topological polar surface area (TPSA) is 92.1 Å². The highest BCUT2D eigenvalue weighted by atomic mass is 35.5. The molecule has 0 aliphatic carbocycles. The van der Waals surface area contributed by atoms with E-state index in [0.29, 0.717) is 6.07 Å². The lowest BCUT2D eigenvalue weighted by atomic mass is 10.1. The number of anilines is 1. The Kier molecular flexibility index (Phi) is 6.65. The minimum atomic E-state index is -4.80. The molecule has 0 spiro atoms. The lowest BCUT2D eigenvalue weighted by Gasteiger charge is -2.19. The Hall–Kier alpha value is -2.53. The second kappa shape index (κ2) is 8.91. The number of hydrogen-bond acceptors (Lipinski definition) is 5. The van der Waals surface area contributed by atoms with E-state index in [1.54, 1.807) is 0 Å². The molecule has 1 amide bonds. The predicted octanol–water partition coefficient (Wildman–Crippen LogP) is 4.71. The third-order valence-corrected chi connectivity index (χ3v) is 4.87. The highest BCUT2D eigenvalue weighted by Gasteiger charge is 2.36. The van der Waals surface area contributed by atoms with Gasteiger partial charge in [0.1, 0.15) is 0 Å². The summed E-state index contributed by atoms with van der Waals surface area (Å²) < 4.78 is 40.6. The largest absolute Gasteiger partial charge is 0.435 e. The molecule has 1 unspecified atom stereocenters. The number of benzene rings is 1. The molecule has 1 atom stereocenters. The standard InChI is InChI=1S/C18H13Cl3F3N5O2/c1-25-16(30)9-5-8(19)6-11(21)14(9)27-17(31)12-7-13(18(22,23)24)28-29(12)15-10(20)3-2-4-26-15/h2-7,17,27,31H,1H3,(H,25,30). The zero-order valence-corrected chi connectivity index (χ0v) is 17.8. The molecule has 164 valence electrons. The van der Waals surface area contributed by atoms with Gasteiger partial charge in [-0.3, -0.25) is 4.79 Å².